The molecule has 0 saturated carbocycles. The summed E-state index contributed by atoms with van der Waals surface area (Å²) in [6.07, 6.45) is 2.32. The van der Waals surface area contributed by atoms with Gasteiger partial charge in [0.15, 0.2) is 0 Å². The highest BCUT2D eigenvalue weighted by molar-refractivity contribution is 7.09. The minimum Gasteiger partial charge on any atom is -0.374 e. The lowest BCUT2D eigenvalue weighted by Gasteiger charge is -2.17. The monoisotopic (exact) mass is 341 g/mol. The molecule has 124 valence electrons. The molecule has 1 amide bonds. The van der Waals surface area contributed by atoms with Crippen molar-refractivity contribution in [1.82, 2.24) is 10.4 Å². The number of nitriles is 1. The van der Waals surface area contributed by atoms with Gasteiger partial charge in [-0.1, -0.05) is 12.1 Å². The van der Waals surface area contributed by atoms with Crippen molar-refractivity contribution in [3.8, 4) is 6.07 Å². The van der Waals surface area contributed by atoms with Crippen LogP contribution in [-0.4, -0.2) is 30.7 Å². The van der Waals surface area contributed by atoms with Gasteiger partial charge in [0, 0.05) is 24.7 Å². The van der Waals surface area contributed by atoms with Crippen LogP contribution in [0.2, 0.25) is 0 Å². The Hall–Kier alpha value is -2.72. The number of aromatic nitrogens is 1. The average Bonchev–Trinajstić information content (AvgIpc) is 2.98. The number of aryl methyl sites for hydroxylation is 1. The zero-order valence-electron chi connectivity index (χ0n) is 13.7. The van der Waals surface area contributed by atoms with E-state index in [-0.39, 0.29) is 12.3 Å². The van der Waals surface area contributed by atoms with Crippen molar-refractivity contribution in [3.05, 3.63) is 45.9 Å². The van der Waals surface area contributed by atoms with Gasteiger partial charge in [-0.05, 0) is 24.6 Å². The highest BCUT2D eigenvalue weighted by Gasteiger charge is 2.05. The van der Waals surface area contributed by atoms with Crippen molar-refractivity contribution in [2.24, 2.45) is 5.10 Å². The van der Waals surface area contributed by atoms with Gasteiger partial charge < -0.3 is 4.90 Å². The summed E-state index contributed by atoms with van der Waals surface area (Å²) in [7, 11) is 1.95. The Morgan fingerprint density at radius 2 is 2.21 bits per heavy atom. The molecule has 2 rings (SSSR count). The molecule has 0 aliphatic heterocycles. The molecule has 0 fully saturated rings. The van der Waals surface area contributed by atoms with E-state index in [1.165, 1.54) is 11.3 Å². The van der Waals surface area contributed by atoms with Gasteiger partial charge in [-0.25, -0.2) is 10.4 Å². The molecule has 1 aromatic heterocycles. The molecule has 2 aromatic rings. The molecule has 0 atom stereocenters. The summed E-state index contributed by atoms with van der Waals surface area (Å²) in [5.41, 5.74) is 5.18. The molecular formula is C17H19N5OS. The average molecular weight is 341 g/mol. The lowest BCUT2D eigenvalue weighted by Crippen LogP contribution is -2.20. The minimum absolute atomic E-state index is 0.190. The van der Waals surface area contributed by atoms with Gasteiger partial charge >= 0.3 is 0 Å². The second-order valence-electron chi connectivity index (χ2n) is 5.25. The number of benzene rings is 1. The maximum atomic E-state index is 11.8. The van der Waals surface area contributed by atoms with Crippen LogP contribution in [0.25, 0.3) is 0 Å². The predicted octanol–water partition coefficient (Wildman–Crippen LogP) is 2.49. The molecule has 1 heterocycles. The SMILES string of the molecule is Cc1nc(CC(=O)N/N=C\c2ccc(N(C)CCC#N)cc2)cs1. The number of amides is 1. The molecule has 24 heavy (non-hydrogen) atoms. The van der Waals surface area contributed by atoms with Crippen LogP contribution in [0.15, 0.2) is 34.7 Å². The van der Waals surface area contributed by atoms with Crippen LogP contribution in [-0.2, 0) is 11.2 Å². The lowest BCUT2D eigenvalue weighted by atomic mass is 10.2. The summed E-state index contributed by atoms with van der Waals surface area (Å²) < 4.78 is 0. The number of anilines is 1. The molecule has 0 saturated heterocycles. The number of hydrazone groups is 1. The summed E-state index contributed by atoms with van der Waals surface area (Å²) in [5, 5.41) is 15.4. The Morgan fingerprint density at radius 3 is 2.83 bits per heavy atom. The van der Waals surface area contributed by atoms with Crippen LogP contribution in [0.5, 0.6) is 0 Å². The van der Waals surface area contributed by atoms with Gasteiger partial charge in [0.05, 0.1) is 35.8 Å². The van der Waals surface area contributed by atoms with Crippen molar-refractivity contribution >= 4 is 29.1 Å². The zero-order chi connectivity index (χ0) is 17.4. The van der Waals surface area contributed by atoms with Crippen molar-refractivity contribution in [2.75, 3.05) is 18.5 Å². The first-order valence-electron chi connectivity index (χ1n) is 7.49. The molecule has 0 aliphatic carbocycles. The van der Waals surface area contributed by atoms with Gasteiger partial charge in [-0.3, -0.25) is 4.79 Å². The Labute approximate surface area is 145 Å². The molecule has 6 nitrogen and oxygen atoms in total. The number of thiazole rings is 1. The first-order chi connectivity index (χ1) is 11.6. The van der Waals surface area contributed by atoms with E-state index in [4.69, 9.17) is 5.26 Å². The van der Waals surface area contributed by atoms with Gasteiger partial charge in [-0.15, -0.1) is 11.3 Å². The third-order valence-electron chi connectivity index (χ3n) is 3.30. The quantitative estimate of drug-likeness (QED) is 0.620. The lowest BCUT2D eigenvalue weighted by molar-refractivity contribution is -0.120. The molecule has 1 aromatic carbocycles. The number of hydrogen-bond acceptors (Lipinski definition) is 6. The van der Waals surface area contributed by atoms with E-state index in [9.17, 15) is 4.79 Å². The normalized spacial score (nSPS) is 10.5. The molecule has 0 unspecified atom stereocenters. The van der Waals surface area contributed by atoms with Crippen LogP contribution < -0.4 is 10.3 Å². The fourth-order valence-electron chi connectivity index (χ4n) is 2.03. The van der Waals surface area contributed by atoms with Crippen molar-refractivity contribution in [2.45, 2.75) is 19.8 Å². The van der Waals surface area contributed by atoms with Crippen LogP contribution in [0.3, 0.4) is 0 Å². The van der Waals surface area contributed by atoms with Gasteiger partial charge in [0.1, 0.15) is 0 Å². The van der Waals surface area contributed by atoms with E-state index in [0.717, 1.165) is 22.0 Å². The van der Waals surface area contributed by atoms with Crippen LogP contribution >= 0.6 is 11.3 Å². The number of carbonyl (C=O) groups is 1. The first kappa shape index (κ1) is 17.6. The van der Waals surface area contributed by atoms with Gasteiger partial charge in [0.25, 0.3) is 0 Å². The summed E-state index contributed by atoms with van der Waals surface area (Å²) >= 11 is 1.52. The number of rotatable bonds is 7. The van der Waals surface area contributed by atoms with E-state index in [1.807, 2.05) is 48.5 Å². The fraction of sp³-hybridized carbons (Fsp3) is 0.294. The maximum Gasteiger partial charge on any atom is 0.246 e. The third-order valence-corrected chi connectivity index (χ3v) is 4.13. The molecular weight excluding hydrogens is 322 g/mol. The molecule has 0 bridgehead atoms. The highest BCUT2D eigenvalue weighted by Crippen LogP contribution is 2.13. The standard InChI is InChI=1S/C17H19N5OS/c1-13-20-15(12-24-13)10-17(23)21-19-11-14-4-6-16(7-5-14)22(2)9-3-8-18/h4-7,11-12H,3,9-10H2,1-2H3,(H,21,23)/b19-11-. The van der Waals surface area contributed by atoms with E-state index < -0.39 is 0 Å². The van der Waals surface area contributed by atoms with Crippen molar-refractivity contribution in [1.29, 1.82) is 5.26 Å². The molecule has 0 aliphatic rings. The number of nitrogens with one attached hydrogen (secondary N) is 1. The van der Waals surface area contributed by atoms with E-state index in [1.54, 1.807) is 6.21 Å². The Balaban J connectivity index is 1.83. The Bertz CT molecular complexity index is 745. The zero-order valence-corrected chi connectivity index (χ0v) is 14.5. The minimum atomic E-state index is -0.190. The second kappa shape index (κ2) is 8.79. The summed E-state index contributed by atoms with van der Waals surface area (Å²) in [6.45, 7) is 2.60. The number of carbonyl (C=O) groups excluding carboxylic acids is 1. The van der Waals surface area contributed by atoms with Gasteiger partial charge in [-0.2, -0.15) is 10.4 Å². The predicted molar refractivity (Wildman–Crippen MR) is 96.2 cm³/mol. The van der Waals surface area contributed by atoms with Crippen LogP contribution in [0, 0.1) is 18.3 Å². The summed E-state index contributed by atoms with van der Waals surface area (Å²) in [4.78, 5) is 18.0. The van der Waals surface area contributed by atoms with Gasteiger partial charge in [0.2, 0.25) is 5.91 Å². The largest absolute Gasteiger partial charge is 0.374 e. The van der Waals surface area contributed by atoms with E-state index in [2.05, 4.69) is 21.6 Å². The van der Waals surface area contributed by atoms with E-state index in [0.29, 0.717) is 13.0 Å². The number of nitrogens with zero attached hydrogens (tertiary/aromatic N) is 4. The smallest absolute Gasteiger partial charge is 0.246 e. The molecule has 7 heteroatoms. The molecule has 0 spiro atoms. The molecule has 1 N–H and O–H groups in total. The summed E-state index contributed by atoms with van der Waals surface area (Å²) in [6, 6.07) is 9.87. The first-order valence-corrected chi connectivity index (χ1v) is 8.37. The topological polar surface area (TPSA) is 81.4 Å². The van der Waals surface area contributed by atoms with Crippen molar-refractivity contribution in [3.63, 3.8) is 0 Å². The maximum absolute atomic E-state index is 11.8. The van der Waals surface area contributed by atoms with E-state index >= 15 is 0 Å². The highest BCUT2D eigenvalue weighted by atomic mass is 32.1. The summed E-state index contributed by atoms with van der Waals surface area (Å²) in [5.74, 6) is -0.190. The third kappa shape index (κ3) is 5.48. The van der Waals surface area contributed by atoms with Crippen LogP contribution in [0.4, 0.5) is 5.69 Å². The Kier molecular flexibility index (Phi) is 6.46. The molecule has 0 radical (unpaired) electrons. The van der Waals surface area contributed by atoms with Crippen LogP contribution in [0.1, 0.15) is 22.7 Å². The second-order valence-corrected chi connectivity index (χ2v) is 6.31. The Morgan fingerprint density at radius 1 is 1.46 bits per heavy atom. The number of hydrogen-bond donors (Lipinski definition) is 1. The fourth-order valence-corrected chi connectivity index (χ4v) is 2.65. The van der Waals surface area contributed by atoms with Crippen molar-refractivity contribution < 1.29 is 4.79 Å².